The molecule has 0 aliphatic carbocycles. The van der Waals surface area contributed by atoms with E-state index in [1.165, 1.54) is 0 Å². The summed E-state index contributed by atoms with van der Waals surface area (Å²) in [5.74, 6) is 0. The molecule has 69 valence electrons. The molecule has 0 unspecified atom stereocenters. The van der Waals surface area contributed by atoms with E-state index in [4.69, 9.17) is 38.5 Å². The largest absolute Gasteiger partial charge is 3.00 e. The van der Waals surface area contributed by atoms with Gasteiger partial charge in [0.1, 0.15) is 0 Å². The summed E-state index contributed by atoms with van der Waals surface area (Å²) in [5, 5.41) is 0. The van der Waals surface area contributed by atoms with Crippen LogP contribution in [0.3, 0.4) is 0 Å². The van der Waals surface area contributed by atoms with E-state index in [0.717, 1.165) is 0 Å². The predicted molar refractivity (Wildman–Crippen MR) is 15.2 cm³/mol. The molecule has 12 heavy (non-hydrogen) atoms. The van der Waals surface area contributed by atoms with E-state index in [-0.39, 0.29) is 46.6 Å². The number of rotatable bonds is 0. The Balaban J connectivity index is -0.0000000457. The molecule has 0 N–H and O–H groups in total. The minimum atomic E-state index is -5.39. The third-order valence-electron chi connectivity index (χ3n) is 0. The molecule has 0 aromatic heterocycles. The van der Waals surface area contributed by atoms with E-state index < -0.39 is 15.6 Å². The summed E-state index contributed by atoms with van der Waals surface area (Å²) in [6, 6.07) is 0. The van der Waals surface area contributed by atoms with Crippen LogP contribution in [0.25, 0.3) is 0 Å². The minimum Gasteiger partial charge on any atom is -0.822 e. The molecule has 0 saturated carbocycles. The first-order valence-electron chi connectivity index (χ1n) is 1.46. The summed E-state index contributed by atoms with van der Waals surface area (Å²) in [5.41, 5.74) is 0. The molecule has 0 atom stereocenters. The summed E-state index contributed by atoms with van der Waals surface area (Å²) in [6.07, 6.45) is 0. The summed E-state index contributed by atoms with van der Waals surface area (Å²) in [6.45, 7) is 0. The Bertz CT molecular complexity index is 129. The fourth-order valence-electron chi connectivity index (χ4n) is 0. The van der Waals surface area contributed by atoms with Crippen LogP contribution in [0.15, 0.2) is 0 Å². The molecule has 0 fully saturated rings. The maximum Gasteiger partial charge on any atom is 3.00 e. The quantitative estimate of drug-likeness (QED) is 0.307. The van der Waals surface area contributed by atoms with Gasteiger partial charge in [-0.15, -0.1) is 0 Å². The second-order valence-electron chi connectivity index (χ2n) is 0.894. The summed E-state index contributed by atoms with van der Waals surface area (Å²) >= 11 is 0. The molecular weight excluding hydrogens is 269 g/mol. The van der Waals surface area contributed by atoms with Gasteiger partial charge in [0.2, 0.25) is 0 Å². The van der Waals surface area contributed by atoms with Gasteiger partial charge in [-0.3, -0.25) is 0 Å². The molecule has 0 aromatic carbocycles. The van der Waals surface area contributed by atoms with Crippen LogP contribution in [0.1, 0.15) is 0 Å². The van der Waals surface area contributed by atoms with E-state index >= 15 is 0 Å². The van der Waals surface area contributed by atoms with Gasteiger partial charge < -0.3 is 38.5 Å². The van der Waals surface area contributed by atoms with Gasteiger partial charge in [-0.1, -0.05) is 0 Å². The predicted octanol–water partition coefficient (Wildman–Crippen LogP) is -8.65. The van der Waals surface area contributed by atoms with Gasteiger partial charge in [-0.2, -0.15) is 15.6 Å². The van der Waals surface area contributed by atoms with Crippen molar-refractivity contribution < 1.29 is 85.1 Å². The molecule has 0 rings (SSSR count). The second-order valence-corrected chi connectivity index (χ2v) is 2.68. The third-order valence-corrected chi connectivity index (χ3v) is 0. The second kappa shape index (κ2) is 9.30. The van der Waals surface area contributed by atoms with Crippen molar-refractivity contribution in [3.05, 3.63) is 0 Å². The van der Waals surface area contributed by atoms with E-state index in [9.17, 15) is 0 Å². The van der Waals surface area contributed by atoms with Crippen LogP contribution >= 0.6 is 15.6 Å². The maximum atomic E-state index is 8.55. The van der Waals surface area contributed by atoms with Crippen molar-refractivity contribution in [1.82, 2.24) is 0 Å². The van der Waals surface area contributed by atoms with Gasteiger partial charge >= 0.3 is 46.6 Å². The Hall–Kier alpha value is 1.74. The van der Waals surface area contributed by atoms with E-state index in [2.05, 4.69) is 0 Å². The smallest absolute Gasteiger partial charge is 0.822 e. The van der Waals surface area contributed by atoms with Crippen LogP contribution < -0.4 is 58.9 Å². The molecule has 8 nitrogen and oxygen atoms in total. The number of hydrogen-bond acceptors (Lipinski definition) is 8. The van der Waals surface area contributed by atoms with Crippen molar-refractivity contribution >= 4 is 15.6 Å². The molecule has 12 heteroatoms. The Labute approximate surface area is 100 Å². The van der Waals surface area contributed by atoms with Crippen molar-refractivity contribution in [3.8, 4) is 0 Å². The molecule has 0 heterocycles. The average Bonchev–Trinajstić information content (AvgIpc) is 1.12. The first kappa shape index (κ1) is 23.5. The first-order chi connectivity index (χ1) is 4.00. The standard InChI is InChI=1S/Fe.Na.2H3O4P/c;;2*1-5(2,3)4/h;;2*(H3,1,2,3,4)/q+3;+1;;/p-6. The fourth-order valence-corrected chi connectivity index (χ4v) is 0. The Morgan fingerprint density at radius 3 is 0.667 bits per heavy atom. The molecule has 0 amide bonds. The Morgan fingerprint density at radius 1 is 0.667 bits per heavy atom. The molecule has 0 bridgehead atoms. The van der Waals surface area contributed by atoms with Crippen LogP contribution in [0.2, 0.25) is 0 Å². The SMILES string of the molecule is O=P([O-])([O-])[O-].O=P([O-])([O-])[O-].[Fe+3].[Na+]. The van der Waals surface area contributed by atoms with Crippen molar-refractivity contribution in [2.24, 2.45) is 0 Å². The van der Waals surface area contributed by atoms with Gasteiger partial charge in [-0.25, -0.2) is 0 Å². The number of hydrogen-bond donors (Lipinski definition) is 0. The molecule has 0 aliphatic heterocycles. The summed E-state index contributed by atoms with van der Waals surface area (Å²) in [7, 11) is -10.8. The van der Waals surface area contributed by atoms with Crippen molar-refractivity contribution in [2.45, 2.75) is 0 Å². The molecule has 1 radical (unpaired) electrons. The Kier molecular flexibility index (Phi) is 18.2. The fraction of sp³-hybridized carbons (Fsp3) is 0. The van der Waals surface area contributed by atoms with Gasteiger partial charge in [0.15, 0.2) is 0 Å². The van der Waals surface area contributed by atoms with Gasteiger partial charge in [0, 0.05) is 0 Å². The molecule has 0 spiro atoms. The van der Waals surface area contributed by atoms with E-state index in [1.807, 2.05) is 0 Å². The molecular formula is FeNaO8P2-2. The van der Waals surface area contributed by atoms with E-state index in [0.29, 0.717) is 0 Å². The summed E-state index contributed by atoms with van der Waals surface area (Å²) < 4.78 is 17.1. The zero-order chi connectivity index (χ0) is 9.00. The number of phosphoric acid groups is 2. The van der Waals surface area contributed by atoms with Gasteiger partial charge in [0.05, 0.1) is 0 Å². The molecule has 0 aromatic rings. The normalized spacial score (nSPS) is 9.83. The van der Waals surface area contributed by atoms with Crippen LogP contribution in [-0.4, -0.2) is 0 Å². The van der Waals surface area contributed by atoms with Gasteiger partial charge in [-0.05, 0) is 0 Å². The van der Waals surface area contributed by atoms with Gasteiger partial charge in [0.25, 0.3) is 0 Å². The van der Waals surface area contributed by atoms with E-state index in [1.54, 1.807) is 0 Å². The zero-order valence-electron chi connectivity index (χ0n) is 5.51. The maximum absolute atomic E-state index is 8.55. The van der Waals surface area contributed by atoms with Crippen molar-refractivity contribution in [2.75, 3.05) is 0 Å². The molecule has 0 saturated heterocycles. The van der Waals surface area contributed by atoms with Crippen molar-refractivity contribution in [3.63, 3.8) is 0 Å². The van der Waals surface area contributed by atoms with Crippen LogP contribution in [-0.2, 0) is 26.2 Å². The third kappa shape index (κ3) is 447. The van der Waals surface area contributed by atoms with Crippen LogP contribution in [0.4, 0.5) is 0 Å². The zero-order valence-corrected chi connectivity index (χ0v) is 10.4. The monoisotopic (exact) mass is 269 g/mol. The topological polar surface area (TPSA) is 172 Å². The van der Waals surface area contributed by atoms with Crippen molar-refractivity contribution in [1.29, 1.82) is 0 Å². The Morgan fingerprint density at radius 2 is 0.667 bits per heavy atom. The van der Waals surface area contributed by atoms with Crippen LogP contribution in [0.5, 0.6) is 0 Å². The average molecular weight is 269 g/mol. The minimum absolute atomic E-state index is 0. The molecule has 0 aliphatic rings. The first-order valence-corrected chi connectivity index (χ1v) is 4.38. The summed E-state index contributed by atoms with van der Waals surface area (Å²) in [4.78, 5) is 51.3. The van der Waals surface area contributed by atoms with Crippen LogP contribution in [0, 0.1) is 0 Å².